The average Bonchev–Trinajstić information content (AvgIpc) is 3.05. The molecule has 5 nitrogen and oxygen atoms in total. The van der Waals surface area contributed by atoms with Crippen LogP contribution in [0.2, 0.25) is 0 Å². The topological polar surface area (TPSA) is 67.5 Å². The van der Waals surface area contributed by atoms with Crippen molar-refractivity contribution in [1.82, 2.24) is 10.3 Å². The van der Waals surface area contributed by atoms with E-state index in [4.69, 9.17) is 9.15 Å². The van der Waals surface area contributed by atoms with Crippen LogP contribution < -0.4 is 5.32 Å². The fourth-order valence-corrected chi connectivity index (χ4v) is 2.87. The summed E-state index contributed by atoms with van der Waals surface area (Å²) in [4.78, 5) is 4.53. The van der Waals surface area contributed by atoms with E-state index >= 15 is 0 Å². The Kier molecular flexibility index (Phi) is 5.10. The van der Waals surface area contributed by atoms with Gasteiger partial charge in [-0.05, 0) is 31.9 Å². The number of rotatable bonds is 6. The lowest BCUT2D eigenvalue weighted by Crippen LogP contribution is -2.41. The van der Waals surface area contributed by atoms with E-state index in [9.17, 15) is 5.11 Å². The molecule has 1 aromatic heterocycles. The Morgan fingerprint density at radius 3 is 2.65 bits per heavy atom. The first-order chi connectivity index (χ1) is 11.2. The summed E-state index contributed by atoms with van der Waals surface area (Å²) in [5, 5.41) is 13.1. The Bertz CT molecular complexity index is 615. The third-order valence-corrected chi connectivity index (χ3v) is 4.55. The van der Waals surface area contributed by atoms with Gasteiger partial charge in [-0.2, -0.15) is 0 Å². The average molecular weight is 316 g/mol. The van der Waals surface area contributed by atoms with Crippen LogP contribution in [0.25, 0.3) is 11.5 Å². The molecule has 0 amide bonds. The highest BCUT2D eigenvalue weighted by molar-refractivity contribution is 5.53. The monoisotopic (exact) mass is 316 g/mol. The van der Waals surface area contributed by atoms with Gasteiger partial charge in [0, 0.05) is 37.3 Å². The standard InChI is InChI=1S/C18H24N2O3/c1-14-2-4-15(5-3-14)17-20-16(11-23-17)10-19-12-18(13-21)6-8-22-9-7-18/h2-5,11,19,21H,6-10,12-13H2,1H3. The van der Waals surface area contributed by atoms with Crippen molar-refractivity contribution in [2.45, 2.75) is 26.3 Å². The highest BCUT2D eigenvalue weighted by Crippen LogP contribution is 2.29. The van der Waals surface area contributed by atoms with Crippen LogP contribution in [0.5, 0.6) is 0 Å². The Balaban J connectivity index is 1.56. The van der Waals surface area contributed by atoms with E-state index in [2.05, 4.69) is 17.2 Å². The van der Waals surface area contributed by atoms with Gasteiger partial charge >= 0.3 is 0 Å². The molecule has 0 atom stereocenters. The molecule has 0 radical (unpaired) electrons. The molecule has 5 heteroatoms. The van der Waals surface area contributed by atoms with E-state index in [1.54, 1.807) is 6.26 Å². The summed E-state index contributed by atoms with van der Waals surface area (Å²) < 4.78 is 10.9. The van der Waals surface area contributed by atoms with Gasteiger partial charge in [0.1, 0.15) is 6.26 Å². The number of hydrogen-bond donors (Lipinski definition) is 2. The summed E-state index contributed by atoms with van der Waals surface area (Å²) in [6.45, 7) is 5.10. The van der Waals surface area contributed by atoms with Crippen LogP contribution in [-0.2, 0) is 11.3 Å². The van der Waals surface area contributed by atoms with Crippen molar-refractivity contribution in [1.29, 1.82) is 0 Å². The Labute approximate surface area is 136 Å². The lowest BCUT2D eigenvalue weighted by Gasteiger charge is -2.35. The van der Waals surface area contributed by atoms with E-state index < -0.39 is 0 Å². The number of nitrogens with zero attached hydrogens (tertiary/aromatic N) is 1. The second-order valence-corrected chi connectivity index (χ2v) is 6.38. The van der Waals surface area contributed by atoms with Crippen molar-refractivity contribution >= 4 is 0 Å². The van der Waals surface area contributed by atoms with Gasteiger partial charge in [-0.25, -0.2) is 4.98 Å². The van der Waals surface area contributed by atoms with Crippen LogP contribution in [0.15, 0.2) is 34.9 Å². The van der Waals surface area contributed by atoms with Crippen LogP contribution in [0, 0.1) is 12.3 Å². The third-order valence-electron chi connectivity index (χ3n) is 4.55. The maximum absolute atomic E-state index is 9.68. The maximum Gasteiger partial charge on any atom is 0.226 e. The van der Waals surface area contributed by atoms with Gasteiger partial charge in [0.15, 0.2) is 0 Å². The van der Waals surface area contributed by atoms with E-state index in [0.717, 1.165) is 43.9 Å². The molecule has 1 aliphatic rings. The van der Waals surface area contributed by atoms with Crippen LogP contribution >= 0.6 is 0 Å². The molecule has 0 bridgehead atoms. The van der Waals surface area contributed by atoms with Crippen LogP contribution in [0.4, 0.5) is 0 Å². The third kappa shape index (κ3) is 3.99. The molecule has 1 aromatic carbocycles. The molecule has 0 saturated carbocycles. The predicted molar refractivity (Wildman–Crippen MR) is 88.0 cm³/mol. The van der Waals surface area contributed by atoms with Crippen molar-refractivity contribution in [3.63, 3.8) is 0 Å². The minimum atomic E-state index is -0.0677. The van der Waals surface area contributed by atoms with Gasteiger partial charge < -0.3 is 19.6 Å². The lowest BCUT2D eigenvalue weighted by atomic mass is 9.81. The van der Waals surface area contributed by atoms with Gasteiger partial charge in [-0.3, -0.25) is 0 Å². The summed E-state index contributed by atoms with van der Waals surface area (Å²) >= 11 is 0. The number of benzene rings is 1. The summed E-state index contributed by atoms with van der Waals surface area (Å²) in [7, 11) is 0. The second-order valence-electron chi connectivity index (χ2n) is 6.38. The van der Waals surface area contributed by atoms with Crippen LogP contribution in [-0.4, -0.2) is 36.5 Å². The van der Waals surface area contributed by atoms with Crippen molar-refractivity contribution in [2.24, 2.45) is 5.41 Å². The molecule has 2 N–H and O–H groups in total. The molecule has 1 aliphatic heterocycles. The first kappa shape index (κ1) is 16.2. The number of aromatic nitrogens is 1. The number of aryl methyl sites for hydroxylation is 1. The number of hydrogen-bond acceptors (Lipinski definition) is 5. The largest absolute Gasteiger partial charge is 0.444 e. The summed E-state index contributed by atoms with van der Waals surface area (Å²) in [6, 6.07) is 8.13. The molecule has 124 valence electrons. The molecular formula is C18H24N2O3. The quantitative estimate of drug-likeness (QED) is 0.857. The Morgan fingerprint density at radius 1 is 1.22 bits per heavy atom. The summed E-state index contributed by atoms with van der Waals surface area (Å²) in [5.41, 5.74) is 3.01. The molecule has 0 unspecified atom stereocenters. The highest BCUT2D eigenvalue weighted by Gasteiger charge is 2.31. The van der Waals surface area contributed by atoms with Crippen molar-refractivity contribution in [3.05, 3.63) is 41.8 Å². The zero-order chi connectivity index (χ0) is 16.1. The molecule has 0 spiro atoms. The number of aliphatic hydroxyl groups is 1. The van der Waals surface area contributed by atoms with Crippen molar-refractivity contribution in [3.8, 4) is 11.5 Å². The highest BCUT2D eigenvalue weighted by atomic mass is 16.5. The van der Waals surface area contributed by atoms with E-state index in [0.29, 0.717) is 12.4 Å². The normalized spacial score (nSPS) is 17.3. The smallest absolute Gasteiger partial charge is 0.226 e. The minimum absolute atomic E-state index is 0.0677. The SMILES string of the molecule is Cc1ccc(-c2nc(CNCC3(CO)CCOCC3)co2)cc1. The van der Waals surface area contributed by atoms with E-state index in [1.165, 1.54) is 5.56 Å². The van der Waals surface area contributed by atoms with Gasteiger partial charge in [0.25, 0.3) is 0 Å². The van der Waals surface area contributed by atoms with Crippen molar-refractivity contribution < 1.29 is 14.3 Å². The first-order valence-electron chi connectivity index (χ1n) is 8.12. The van der Waals surface area contributed by atoms with Gasteiger partial charge in [0.05, 0.1) is 12.3 Å². The van der Waals surface area contributed by atoms with Gasteiger partial charge in [-0.15, -0.1) is 0 Å². The first-order valence-corrected chi connectivity index (χ1v) is 8.12. The zero-order valence-corrected chi connectivity index (χ0v) is 13.5. The molecule has 3 rings (SSSR count). The fraction of sp³-hybridized carbons (Fsp3) is 0.500. The van der Waals surface area contributed by atoms with Gasteiger partial charge in [-0.1, -0.05) is 17.7 Å². The number of nitrogens with one attached hydrogen (secondary N) is 1. The molecule has 23 heavy (non-hydrogen) atoms. The maximum atomic E-state index is 9.68. The zero-order valence-electron chi connectivity index (χ0n) is 13.5. The number of ether oxygens (including phenoxy) is 1. The van der Waals surface area contributed by atoms with E-state index in [1.807, 2.05) is 24.3 Å². The molecule has 2 aromatic rings. The number of aliphatic hydroxyl groups excluding tert-OH is 1. The summed E-state index contributed by atoms with van der Waals surface area (Å²) in [5.74, 6) is 0.643. The fourth-order valence-electron chi connectivity index (χ4n) is 2.87. The minimum Gasteiger partial charge on any atom is -0.444 e. The Hall–Kier alpha value is -1.69. The molecule has 1 fully saturated rings. The van der Waals surface area contributed by atoms with Crippen LogP contribution in [0.1, 0.15) is 24.1 Å². The molecule has 2 heterocycles. The predicted octanol–water partition coefficient (Wildman–Crippen LogP) is 2.53. The molecular weight excluding hydrogens is 292 g/mol. The second kappa shape index (κ2) is 7.25. The molecule has 0 aliphatic carbocycles. The van der Waals surface area contributed by atoms with Gasteiger partial charge in [0.2, 0.25) is 5.89 Å². The number of oxazole rings is 1. The van der Waals surface area contributed by atoms with Crippen LogP contribution in [0.3, 0.4) is 0 Å². The van der Waals surface area contributed by atoms with Crippen molar-refractivity contribution in [2.75, 3.05) is 26.4 Å². The van der Waals surface area contributed by atoms with E-state index in [-0.39, 0.29) is 12.0 Å². The Morgan fingerprint density at radius 2 is 1.96 bits per heavy atom. The summed E-state index contributed by atoms with van der Waals surface area (Å²) in [6.07, 6.45) is 3.48. The molecule has 1 saturated heterocycles. The lowest BCUT2D eigenvalue weighted by molar-refractivity contribution is -0.0154.